The highest BCUT2D eigenvalue weighted by molar-refractivity contribution is 5.94. The standard InChI is InChI=1S/C13H21NO3/c1-12(2,3)17-11(16)14-8-6-13(4,5)7-9(15)10(8)14/h8,10H,6-7H2,1-5H3. The van der Waals surface area contributed by atoms with Crippen LogP contribution in [0.15, 0.2) is 0 Å². The molecule has 1 aliphatic heterocycles. The van der Waals surface area contributed by atoms with E-state index in [1.54, 1.807) is 4.90 Å². The van der Waals surface area contributed by atoms with Crippen LogP contribution in [0.1, 0.15) is 47.5 Å². The van der Waals surface area contributed by atoms with Gasteiger partial charge in [0, 0.05) is 6.42 Å². The third-order valence-electron chi connectivity index (χ3n) is 3.28. The molecule has 2 aliphatic rings. The van der Waals surface area contributed by atoms with Gasteiger partial charge in [-0.2, -0.15) is 0 Å². The van der Waals surface area contributed by atoms with Crippen molar-refractivity contribution in [3.63, 3.8) is 0 Å². The van der Waals surface area contributed by atoms with Crippen molar-refractivity contribution >= 4 is 11.9 Å². The summed E-state index contributed by atoms with van der Waals surface area (Å²) in [5, 5.41) is 0. The van der Waals surface area contributed by atoms with Crippen LogP contribution >= 0.6 is 0 Å². The zero-order chi connectivity index (χ0) is 13.0. The highest BCUT2D eigenvalue weighted by Crippen LogP contribution is 2.46. The lowest BCUT2D eigenvalue weighted by atomic mass is 9.77. The highest BCUT2D eigenvalue weighted by Gasteiger charge is 2.61. The van der Waals surface area contributed by atoms with Gasteiger partial charge in [-0.15, -0.1) is 0 Å². The summed E-state index contributed by atoms with van der Waals surface area (Å²) in [5.41, 5.74) is -0.490. The largest absolute Gasteiger partial charge is 0.444 e. The van der Waals surface area contributed by atoms with Crippen molar-refractivity contribution in [2.24, 2.45) is 5.41 Å². The number of ketones is 1. The van der Waals surface area contributed by atoms with E-state index in [0.29, 0.717) is 6.42 Å². The Balaban J connectivity index is 2.03. The predicted molar refractivity (Wildman–Crippen MR) is 63.7 cm³/mol. The van der Waals surface area contributed by atoms with Crippen molar-refractivity contribution in [2.45, 2.75) is 65.1 Å². The summed E-state index contributed by atoms with van der Waals surface area (Å²) in [6.45, 7) is 9.66. The van der Waals surface area contributed by atoms with E-state index < -0.39 is 5.60 Å². The molecule has 0 N–H and O–H groups in total. The minimum atomic E-state index is -0.499. The van der Waals surface area contributed by atoms with Crippen LogP contribution in [0, 0.1) is 5.41 Å². The smallest absolute Gasteiger partial charge is 0.411 e. The molecule has 4 nitrogen and oxygen atoms in total. The summed E-state index contributed by atoms with van der Waals surface area (Å²) in [6, 6.07) is -0.140. The number of ether oxygens (including phenoxy) is 1. The summed E-state index contributed by atoms with van der Waals surface area (Å²) in [4.78, 5) is 25.4. The number of carbonyl (C=O) groups is 2. The maximum absolute atomic E-state index is 11.9. The highest BCUT2D eigenvalue weighted by atomic mass is 16.6. The number of carbonyl (C=O) groups excluding carboxylic acids is 2. The molecule has 0 aromatic rings. The lowest BCUT2D eigenvalue weighted by Gasteiger charge is -2.25. The van der Waals surface area contributed by atoms with E-state index in [9.17, 15) is 9.59 Å². The zero-order valence-corrected chi connectivity index (χ0v) is 11.2. The third-order valence-corrected chi connectivity index (χ3v) is 3.28. The molecular weight excluding hydrogens is 218 g/mol. The van der Waals surface area contributed by atoms with E-state index in [0.717, 1.165) is 6.42 Å². The number of amides is 1. The lowest BCUT2D eigenvalue weighted by Crippen LogP contribution is -2.29. The SMILES string of the molecule is CC1(C)CC(=O)C2C(C1)N2C(=O)OC(C)(C)C. The second-order valence-corrected chi connectivity index (χ2v) is 6.91. The topological polar surface area (TPSA) is 46.4 Å². The van der Waals surface area contributed by atoms with Gasteiger partial charge in [0.1, 0.15) is 11.6 Å². The first-order valence-electron chi connectivity index (χ1n) is 6.15. The number of fused-ring (bicyclic) bond motifs is 1. The fourth-order valence-corrected chi connectivity index (χ4v) is 2.64. The van der Waals surface area contributed by atoms with Crippen molar-refractivity contribution in [1.82, 2.24) is 4.90 Å². The van der Waals surface area contributed by atoms with Crippen LogP contribution < -0.4 is 0 Å². The molecule has 0 radical (unpaired) electrons. The average molecular weight is 239 g/mol. The van der Waals surface area contributed by atoms with Gasteiger partial charge in [0.2, 0.25) is 0 Å². The number of Topliss-reactive ketones (excluding diaryl/α,β-unsaturated/α-hetero) is 1. The maximum atomic E-state index is 11.9. The van der Waals surface area contributed by atoms with Crippen LogP contribution in [0.5, 0.6) is 0 Å². The molecular formula is C13H21NO3. The Bertz CT molecular complexity index is 367. The lowest BCUT2D eigenvalue weighted by molar-refractivity contribution is -0.122. The molecule has 1 amide bonds. The Morgan fingerprint density at radius 1 is 1.41 bits per heavy atom. The van der Waals surface area contributed by atoms with Crippen LogP contribution in [0.3, 0.4) is 0 Å². The monoisotopic (exact) mass is 239 g/mol. The van der Waals surface area contributed by atoms with E-state index in [1.807, 2.05) is 20.8 Å². The molecule has 1 heterocycles. The van der Waals surface area contributed by atoms with Crippen molar-refractivity contribution < 1.29 is 14.3 Å². The van der Waals surface area contributed by atoms with Gasteiger partial charge in [0.15, 0.2) is 5.78 Å². The molecule has 2 fully saturated rings. The first kappa shape index (κ1) is 12.4. The molecule has 4 heteroatoms. The Morgan fingerprint density at radius 2 is 2.00 bits per heavy atom. The third kappa shape index (κ3) is 2.45. The van der Waals surface area contributed by atoms with Crippen LogP contribution in [0.25, 0.3) is 0 Å². The molecule has 17 heavy (non-hydrogen) atoms. The van der Waals surface area contributed by atoms with E-state index in [2.05, 4.69) is 13.8 Å². The first-order chi connectivity index (χ1) is 7.61. The molecule has 96 valence electrons. The molecule has 0 spiro atoms. The van der Waals surface area contributed by atoms with Gasteiger partial charge in [0.05, 0.1) is 6.04 Å². The molecule has 1 saturated carbocycles. The summed E-state index contributed by atoms with van der Waals surface area (Å²) < 4.78 is 5.30. The fraction of sp³-hybridized carbons (Fsp3) is 0.846. The quantitative estimate of drug-likeness (QED) is 0.610. The van der Waals surface area contributed by atoms with E-state index in [-0.39, 0.29) is 29.4 Å². The molecule has 0 aromatic carbocycles. The summed E-state index contributed by atoms with van der Waals surface area (Å²) >= 11 is 0. The molecule has 1 saturated heterocycles. The van der Waals surface area contributed by atoms with Gasteiger partial charge in [0.25, 0.3) is 0 Å². The normalized spacial score (nSPS) is 30.9. The summed E-state index contributed by atoms with van der Waals surface area (Å²) in [6.07, 6.45) is 1.11. The number of likely N-dealkylation sites (tertiary alicyclic amines) is 1. The van der Waals surface area contributed by atoms with Crippen molar-refractivity contribution in [1.29, 1.82) is 0 Å². The van der Waals surface area contributed by atoms with Crippen LogP contribution in [0.4, 0.5) is 4.79 Å². The van der Waals surface area contributed by atoms with Gasteiger partial charge in [-0.25, -0.2) is 4.79 Å². The minimum absolute atomic E-state index is 0.00894. The summed E-state index contributed by atoms with van der Waals surface area (Å²) in [7, 11) is 0. The maximum Gasteiger partial charge on any atom is 0.411 e. The van der Waals surface area contributed by atoms with E-state index in [1.165, 1.54) is 0 Å². The Labute approximate surface area is 102 Å². The van der Waals surface area contributed by atoms with Gasteiger partial charge >= 0.3 is 6.09 Å². The second kappa shape index (κ2) is 3.47. The van der Waals surface area contributed by atoms with E-state index >= 15 is 0 Å². The zero-order valence-electron chi connectivity index (χ0n) is 11.2. The van der Waals surface area contributed by atoms with Crippen molar-refractivity contribution in [2.75, 3.05) is 0 Å². The van der Waals surface area contributed by atoms with Gasteiger partial charge in [-0.05, 0) is 32.6 Å². The molecule has 1 aliphatic carbocycles. The van der Waals surface area contributed by atoms with Crippen LogP contribution in [-0.4, -0.2) is 34.5 Å². The molecule has 2 unspecified atom stereocenters. The average Bonchev–Trinajstić information content (AvgIpc) is 2.72. The number of nitrogens with zero attached hydrogens (tertiary/aromatic N) is 1. The first-order valence-corrected chi connectivity index (χ1v) is 6.15. The van der Waals surface area contributed by atoms with Crippen LogP contribution in [0.2, 0.25) is 0 Å². The van der Waals surface area contributed by atoms with Crippen molar-refractivity contribution in [3.8, 4) is 0 Å². The second-order valence-electron chi connectivity index (χ2n) is 6.91. The van der Waals surface area contributed by atoms with Crippen molar-refractivity contribution in [3.05, 3.63) is 0 Å². The Hall–Kier alpha value is -1.06. The van der Waals surface area contributed by atoms with E-state index in [4.69, 9.17) is 4.74 Å². The van der Waals surface area contributed by atoms with Crippen LogP contribution in [-0.2, 0) is 9.53 Å². The van der Waals surface area contributed by atoms with Gasteiger partial charge in [-0.3, -0.25) is 9.69 Å². The minimum Gasteiger partial charge on any atom is -0.444 e. The molecule has 0 bridgehead atoms. The Morgan fingerprint density at radius 3 is 2.53 bits per heavy atom. The summed E-state index contributed by atoms with van der Waals surface area (Å²) in [5.74, 6) is 0.178. The molecule has 2 atom stereocenters. The number of rotatable bonds is 0. The molecule has 0 aromatic heterocycles. The van der Waals surface area contributed by atoms with Gasteiger partial charge in [-0.1, -0.05) is 13.8 Å². The number of hydrogen-bond acceptors (Lipinski definition) is 3. The molecule has 2 rings (SSSR count). The predicted octanol–water partition coefficient (Wildman–Crippen LogP) is 2.36. The Kier molecular flexibility index (Phi) is 2.53. The number of hydrogen-bond donors (Lipinski definition) is 0. The van der Waals surface area contributed by atoms with Gasteiger partial charge < -0.3 is 4.74 Å². The fourth-order valence-electron chi connectivity index (χ4n) is 2.64.